The van der Waals surface area contributed by atoms with E-state index in [1.807, 2.05) is 43.3 Å². The van der Waals surface area contributed by atoms with Crippen molar-refractivity contribution in [1.29, 1.82) is 0 Å². The van der Waals surface area contributed by atoms with E-state index in [4.69, 9.17) is 4.74 Å². The standard InChI is InChI=1S/C29H38N2O4/c1-5-8-20-35-24-16-14-22(15-17-24)26-25(27(32)23-12-10-21(4)11-13-23)28(33)29(34)31(26)19-9-18-30(6-2)7-3/h10-17,26,32H,5-9,18-20H2,1-4H3. The van der Waals surface area contributed by atoms with Gasteiger partial charge in [0.25, 0.3) is 11.7 Å². The van der Waals surface area contributed by atoms with Crippen molar-refractivity contribution in [3.8, 4) is 5.75 Å². The fourth-order valence-corrected chi connectivity index (χ4v) is 4.41. The number of carbonyl (C=O) groups is 2. The van der Waals surface area contributed by atoms with Crippen molar-refractivity contribution in [2.75, 3.05) is 32.8 Å². The molecule has 1 saturated heterocycles. The second kappa shape index (κ2) is 12.5. The lowest BCUT2D eigenvalue weighted by Gasteiger charge is -2.27. The molecule has 0 aliphatic carbocycles. The summed E-state index contributed by atoms with van der Waals surface area (Å²) in [5, 5.41) is 11.2. The highest BCUT2D eigenvalue weighted by Crippen LogP contribution is 2.40. The van der Waals surface area contributed by atoms with E-state index in [0.29, 0.717) is 18.7 Å². The molecule has 1 aliphatic heterocycles. The first-order valence-electron chi connectivity index (χ1n) is 12.7. The van der Waals surface area contributed by atoms with E-state index in [1.54, 1.807) is 17.0 Å². The van der Waals surface area contributed by atoms with Gasteiger partial charge in [-0.05, 0) is 57.1 Å². The highest BCUT2D eigenvalue weighted by molar-refractivity contribution is 6.46. The zero-order chi connectivity index (χ0) is 25.4. The van der Waals surface area contributed by atoms with Gasteiger partial charge in [-0.15, -0.1) is 0 Å². The molecule has 2 aromatic rings. The molecule has 3 rings (SSSR count). The minimum absolute atomic E-state index is 0.136. The van der Waals surface area contributed by atoms with Crippen molar-refractivity contribution in [3.63, 3.8) is 0 Å². The first-order valence-corrected chi connectivity index (χ1v) is 12.7. The van der Waals surface area contributed by atoms with Gasteiger partial charge in [0, 0.05) is 12.1 Å². The molecule has 1 atom stereocenters. The minimum atomic E-state index is -0.641. The van der Waals surface area contributed by atoms with E-state index in [-0.39, 0.29) is 11.3 Å². The van der Waals surface area contributed by atoms with Gasteiger partial charge in [-0.25, -0.2) is 0 Å². The monoisotopic (exact) mass is 478 g/mol. The van der Waals surface area contributed by atoms with Crippen LogP contribution >= 0.6 is 0 Å². The van der Waals surface area contributed by atoms with Crippen molar-refractivity contribution in [1.82, 2.24) is 9.80 Å². The van der Waals surface area contributed by atoms with Crippen molar-refractivity contribution in [2.45, 2.75) is 53.0 Å². The lowest BCUT2D eigenvalue weighted by atomic mass is 9.95. The van der Waals surface area contributed by atoms with Crippen LogP contribution in [0.25, 0.3) is 5.76 Å². The van der Waals surface area contributed by atoms with Crippen LogP contribution in [0.3, 0.4) is 0 Å². The number of Topliss-reactive ketones (excluding diaryl/α,β-unsaturated/α-hetero) is 1. The number of hydrogen-bond acceptors (Lipinski definition) is 5. The van der Waals surface area contributed by atoms with Crippen LogP contribution in [0, 0.1) is 6.92 Å². The number of carbonyl (C=O) groups excluding carboxylic acids is 2. The Morgan fingerprint density at radius 1 is 0.971 bits per heavy atom. The number of benzene rings is 2. The number of ether oxygens (including phenoxy) is 1. The normalized spacial score (nSPS) is 17.4. The highest BCUT2D eigenvalue weighted by Gasteiger charge is 2.45. The molecule has 6 nitrogen and oxygen atoms in total. The van der Waals surface area contributed by atoms with Crippen LogP contribution in [-0.2, 0) is 9.59 Å². The predicted octanol–water partition coefficient (Wildman–Crippen LogP) is 5.33. The van der Waals surface area contributed by atoms with Crippen LogP contribution in [0.1, 0.15) is 62.8 Å². The Kier molecular flexibility index (Phi) is 9.49. The molecule has 0 spiro atoms. The molecule has 35 heavy (non-hydrogen) atoms. The van der Waals surface area contributed by atoms with Gasteiger partial charge in [0.1, 0.15) is 11.5 Å². The smallest absolute Gasteiger partial charge is 0.295 e. The molecule has 6 heteroatoms. The second-order valence-electron chi connectivity index (χ2n) is 9.01. The maximum atomic E-state index is 13.2. The summed E-state index contributed by atoms with van der Waals surface area (Å²) in [6.45, 7) is 12.1. The van der Waals surface area contributed by atoms with E-state index in [9.17, 15) is 14.7 Å². The molecular formula is C29H38N2O4. The third kappa shape index (κ3) is 6.31. The maximum Gasteiger partial charge on any atom is 0.295 e. The van der Waals surface area contributed by atoms with Crippen LogP contribution in [-0.4, -0.2) is 59.4 Å². The number of unbranched alkanes of at least 4 members (excludes halogenated alkanes) is 1. The van der Waals surface area contributed by atoms with Gasteiger partial charge in [-0.3, -0.25) is 9.59 Å². The Balaban J connectivity index is 1.96. The number of nitrogens with zero attached hydrogens (tertiary/aromatic N) is 2. The molecule has 1 fully saturated rings. The second-order valence-corrected chi connectivity index (χ2v) is 9.01. The Labute approximate surface area is 209 Å². The summed E-state index contributed by atoms with van der Waals surface area (Å²) in [5.74, 6) is -0.590. The third-order valence-electron chi connectivity index (χ3n) is 6.60. The lowest BCUT2D eigenvalue weighted by molar-refractivity contribution is -0.140. The minimum Gasteiger partial charge on any atom is -0.507 e. The molecule has 2 aromatic carbocycles. The number of likely N-dealkylation sites (tertiary alicyclic amines) is 1. The third-order valence-corrected chi connectivity index (χ3v) is 6.60. The summed E-state index contributed by atoms with van der Waals surface area (Å²) in [4.78, 5) is 30.2. The van der Waals surface area contributed by atoms with Gasteiger partial charge >= 0.3 is 0 Å². The summed E-state index contributed by atoms with van der Waals surface area (Å²) < 4.78 is 5.79. The van der Waals surface area contributed by atoms with Crippen LogP contribution in [0.4, 0.5) is 0 Å². The molecule has 0 saturated carbocycles. The number of aliphatic hydroxyl groups is 1. The number of aryl methyl sites for hydroxylation is 1. The van der Waals surface area contributed by atoms with Crippen LogP contribution < -0.4 is 4.74 Å². The van der Waals surface area contributed by atoms with Gasteiger partial charge in [0.2, 0.25) is 0 Å². The fourth-order valence-electron chi connectivity index (χ4n) is 4.41. The van der Waals surface area contributed by atoms with Gasteiger partial charge < -0.3 is 19.6 Å². The zero-order valence-electron chi connectivity index (χ0n) is 21.4. The van der Waals surface area contributed by atoms with Gasteiger partial charge in [-0.2, -0.15) is 0 Å². The molecule has 1 N–H and O–H groups in total. The van der Waals surface area contributed by atoms with E-state index in [2.05, 4.69) is 25.7 Å². The van der Waals surface area contributed by atoms with E-state index in [0.717, 1.165) is 55.8 Å². The Hall–Kier alpha value is -3.12. The number of hydrogen-bond donors (Lipinski definition) is 1. The summed E-state index contributed by atoms with van der Waals surface area (Å²) in [7, 11) is 0. The van der Waals surface area contributed by atoms with E-state index >= 15 is 0 Å². The average Bonchev–Trinajstić information content (AvgIpc) is 3.12. The Morgan fingerprint density at radius 2 is 1.63 bits per heavy atom. The SMILES string of the molecule is CCCCOc1ccc(C2C(=C(O)c3ccc(C)cc3)C(=O)C(=O)N2CCCN(CC)CC)cc1. The van der Waals surface area contributed by atoms with Crippen molar-refractivity contribution in [3.05, 3.63) is 70.8 Å². The van der Waals surface area contributed by atoms with Crippen LogP contribution in [0.5, 0.6) is 5.75 Å². The van der Waals surface area contributed by atoms with Gasteiger partial charge in [-0.1, -0.05) is 69.2 Å². The van der Waals surface area contributed by atoms with Crippen molar-refractivity contribution >= 4 is 17.4 Å². The highest BCUT2D eigenvalue weighted by atomic mass is 16.5. The quantitative estimate of drug-likeness (QED) is 0.193. The first-order chi connectivity index (χ1) is 16.9. The summed E-state index contributed by atoms with van der Waals surface area (Å²) >= 11 is 0. The van der Waals surface area contributed by atoms with E-state index in [1.165, 1.54) is 0 Å². The number of rotatable bonds is 12. The summed E-state index contributed by atoms with van der Waals surface area (Å²) in [6, 6.07) is 14.2. The van der Waals surface area contributed by atoms with Crippen LogP contribution in [0.15, 0.2) is 54.1 Å². The van der Waals surface area contributed by atoms with E-state index < -0.39 is 17.7 Å². The predicted molar refractivity (Wildman–Crippen MR) is 139 cm³/mol. The zero-order valence-corrected chi connectivity index (χ0v) is 21.4. The number of amides is 1. The molecule has 1 heterocycles. The maximum absolute atomic E-state index is 13.2. The number of ketones is 1. The molecular weight excluding hydrogens is 440 g/mol. The molecule has 1 amide bonds. The van der Waals surface area contributed by atoms with Gasteiger partial charge in [0.15, 0.2) is 0 Å². The molecule has 0 bridgehead atoms. The molecule has 1 aliphatic rings. The van der Waals surface area contributed by atoms with Crippen LogP contribution in [0.2, 0.25) is 0 Å². The summed E-state index contributed by atoms with van der Waals surface area (Å²) in [5.41, 5.74) is 2.50. The lowest BCUT2D eigenvalue weighted by Crippen LogP contribution is -2.33. The summed E-state index contributed by atoms with van der Waals surface area (Å²) in [6.07, 6.45) is 2.78. The Morgan fingerprint density at radius 3 is 2.23 bits per heavy atom. The molecule has 188 valence electrons. The van der Waals surface area contributed by atoms with Gasteiger partial charge in [0.05, 0.1) is 18.2 Å². The van der Waals surface area contributed by atoms with Crippen molar-refractivity contribution < 1.29 is 19.4 Å². The molecule has 0 aromatic heterocycles. The number of aliphatic hydroxyl groups excluding tert-OH is 1. The molecule has 1 unspecified atom stereocenters. The molecule has 0 radical (unpaired) electrons. The van der Waals surface area contributed by atoms with Crippen molar-refractivity contribution in [2.24, 2.45) is 0 Å². The Bertz CT molecular complexity index is 1020. The first kappa shape index (κ1) is 26.5. The average molecular weight is 479 g/mol. The largest absolute Gasteiger partial charge is 0.507 e. The topological polar surface area (TPSA) is 70.1 Å². The fraction of sp³-hybridized carbons (Fsp3) is 0.448.